The second-order valence-electron chi connectivity index (χ2n) is 4.18. The number of alkyl halides is 3. The summed E-state index contributed by atoms with van der Waals surface area (Å²) < 4.78 is 37.8. The number of halogens is 4. The lowest BCUT2D eigenvalue weighted by Gasteiger charge is -2.16. The molecule has 5 nitrogen and oxygen atoms in total. The molecule has 1 unspecified atom stereocenters. The van der Waals surface area contributed by atoms with Gasteiger partial charge in [-0.25, -0.2) is 9.97 Å². The lowest BCUT2D eigenvalue weighted by Crippen LogP contribution is -2.28. The third kappa shape index (κ3) is 2.95. The van der Waals surface area contributed by atoms with Gasteiger partial charge in [-0.2, -0.15) is 13.2 Å². The van der Waals surface area contributed by atoms with E-state index in [1.807, 2.05) is 0 Å². The maximum atomic E-state index is 12.6. The molecule has 104 valence electrons. The monoisotopic (exact) mass is 294 g/mol. The Balaban J connectivity index is 2.35. The van der Waals surface area contributed by atoms with Crippen LogP contribution in [0, 0.1) is 5.92 Å². The van der Waals surface area contributed by atoms with Gasteiger partial charge in [0.15, 0.2) is 5.69 Å². The number of carbonyl (C=O) groups excluding carboxylic acids is 1. The smallest absolute Gasteiger partial charge is 0.330 e. The van der Waals surface area contributed by atoms with Crippen molar-refractivity contribution in [3.05, 3.63) is 16.9 Å². The minimum atomic E-state index is -4.64. The second kappa shape index (κ2) is 4.93. The second-order valence-corrected chi connectivity index (χ2v) is 4.57. The zero-order chi connectivity index (χ0) is 14.2. The van der Waals surface area contributed by atoms with Gasteiger partial charge in [-0.05, 0) is 12.5 Å². The van der Waals surface area contributed by atoms with Crippen LogP contribution in [-0.2, 0) is 11.0 Å². The van der Waals surface area contributed by atoms with Crippen LogP contribution >= 0.6 is 11.6 Å². The number of hydrogen-bond acceptors (Lipinski definition) is 4. The van der Waals surface area contributed by atoms with Crippen LogP contribution in [0.15, 0.2) is 6.07 Å². The Morgan fingerprint density at radius 2 is 2.16 bits per heavy atom. The first kappa shape index (κ1) is 14.0. The van der Waals surface area contributed by atoms with Crippen LogP contribution in [-0.4, -0.2) is 29.0 Å². The number of hydrogen-bond donors (Lipinski definition) is 1. The maximum Gasteiger partial charge on any atom is 0.433 e. The molecule has 0 spiro atoms. The molecule has 1 aliphatic rings. The van der Waals surface area contributed by atoms with E-state index in [4.69, 9.17) is 17.3 Å². The Kier molecular flexibility index (Phi) is 3.64. The van der Waals surface area contributed by atoms with E-state index in [1.54, 1.807) is 0 Å². The largest absolute Gasteiger partial charge is 0.433 e. The van der Waals surface area contributed by atoms with Gasteiger partial charge in [0, 0.05) is 19.0 Å². The zero-order valence-electron chi connectivity index (χ0n) is 9.62. The molecule has 1 atom stereocenters. The summed E-state index contributed by atoms with van der Waals surface area (Å²) in [6.07, 6.45) is -4.47. The van der Waals surface area contributed by atoms with Crippen LogP contribution in [0.4, 0.5) is 19.1 Å². The quantitative estimate of drug-likeness (QED) is 0.838. The number of aromatic nitrogens is 2. The predicted octanol–water partition coefficient (Wildman–Crippen LogP) is 1.46. The van der Waals surface area contributed by atoms with Gasteiger partial charge in [-0.3, -0.25) is 9.69 Å². The minimum Gasteiger partial charge on any atom is -0.330 e. The van der Waals surface area contributed by atoms with Crippen LogP contribution in [0.25, 0.3) is 0 Å². The standard InChI is InChI=1S/C10H10ClF3N4O/c11-7-2-6(10(12,13)14)16-9(17-7)18-4-5(3-15)1-8(18)19/h2,5H,1,3-4,15H2. The molecule has 1 fully saturated rings. The lowest BCUT2D eigenvalue weighted by molar-refractivity contribution is -0.141. The van der Waals surface area contributed by atoms with Crippen molar-refractivity contribution in [2.24, 2.45) is 11.7 Å². The summed E-state index contributed by atoms with van der Waals surface area (Å²) in [6, 6.07) is 0.617. The number of anilines is 1. The molecule has 1 saturated heterocycles. The molecular formula is C10H10ClF3N4O. The van der Waals surface area contributed by atoms with E-state index >= 15 is 0 Å². The van der Waals surface area contributed by atoms with E-state index < -0.39 is 11.9 Å². The van der Waals surface area contributed by atoms with E-state index in [1.165, 1.54) is 0 Å². The highest BCUT2D eigenvalue weighted by molar-refractivity contribution is 6.29. The zero-order valence-corrected chi connectivity index (χ0v) is 10.4. The Hall–Kier alpha value is -1.41. The van der Waals surface area contributed by atoms with E-state index in [0.29, 0.717) is 6.07 Å². The van der Waals surface area contributed by atoms with Crippen LogP contribution in [0.1, 0.15) is 12.1 Å². The molecule has 19 heavy (non-hydrogen) atoms. The average molecular weight is 295 g/mol. The summed E-state index contributed by atoms with van der Waals surface area (Å²) in [7, 11) is 0. The summed E-state index contributed by atoms with van der Waals surface area (Å²) in [5, 5.41) is -0.360. The molecule has 0 radical (unpaired) electrons. The fourth-order valence-electron chi connectivity index (χ4n) is 1.80. The molecule has 1 aliphatic heterocycles. The van der Waals surface area contributed by atoms with Gasteiger partial charge in [-0.15, -0.1) is 0 Å². The molecule has 0 aliphatic carbocycles. The molecule has 0 bridgehead atoms. The van der Waals surface area contributed by atoms with Gasteiger partial charge >= 0.3 is 6.18 Å². The van der Waals surface area contributed by atoms with E-state index in [-0.39, 0.29) is 42.4 Å². The normalized spacial score (nSPS) is 20.2. The number of carbonyl (C=O) groups is 1. The van der Waals surface area contributed by atoms with Crippen molar-refractivity contribution in [1.29, 1.82) is 0 Å². The SMILES string of the molecule is NCC1CC(=O)N(c2nc(Cl)cc(C(F)(F)F)n2)C1. The first-order valence-electron chi connectivity index (χ1n) is 5.43. The first-order valence-corrected chi connectivity index (χ1v) is 5.81. The molecule has 1 aromatic rings. The molecule has 1 amide bonds. The fraction of sp³-hybridized carbons (Fsp3) is 0.500. The van der Waals surface area contributed by atoms with Gasteiger partial charge in [-0.1, -0.05) is 11.6 Å². The highest BCUT2D eigenvalue weighted by atomic mass is 35.5. The molecule has 2 rings (SSSR count). The summed E-state index contributed by atoms with van der Waals surface area (Å²) in [5.74, 6) is -0.795. The van der Waals surface area contributed by atoms with Crippen molar-refractivity contribution >= 4 is 23.5 Å². The molecule has 1 aromatic heterocycles. The number of nitrogens with zero attached hydrogens (tertiary/aromatic N) is 3. The Morgan fingerprint density at radius 1 is 1.47 bits per heavy atom. The third-order valence-electron chi connectivity index (χ3n) is 2.75. The van der Waals surface area contributed by atoms with E-state index in [2.05, 4.69) is 9.97 Å². The minimum absolute atomic E-state index is 0.107. The number of amides is 1. The fourth-order valence-corrected chi connectivity index (χ4v) is 1.98. The van der Waals surface area contributed by atoms with Crippen LogP contribution < -0.4 is 10.6 Å². The Morgan fingerprint density at radius 3 is 2.68 bits per heavy atom. The van der Waals surface area contributed by atoms with Crippen molar-refractivity contribution in [3.63, 3.8) is 0 Å². The van der Waals surface area contributed by atoms with Crippen LogP contribution in [0.3, 0.4) is 0 Å². The lowest BCUT2D eigenvalue weighted by atomic mass is 10.1. The third-order valence-corrected chi connectivity index (χ3v) is 2.95. The van der Waals surface area contributed by atoms with Crippen molar-refractivity contribution in [2.75, 3.05) is 18.0 Å². The topological polar surface area (TPSA) is 72.1 Å². The van der Waals surface area contributed by atoms with Gasteiger partial charge in [0.2, 0.25) is 11.9 Å². The van der Waals surface area contributed by atoms with Crippen LogP contribution in [0.2, 0.25) is 5.15 Å². The van der Waals surface area contributed by atoms with Crippen molar-refractivity contribution in [3.8, 4) is 0 Å². The van der Waals surface area contributed by atoms with E-state index in [9.17, 15) is 18.0 Å². The van der Waals surface area contributed by atoms with E-state index in [0.717, 1.165) is 4.90 Å². The highest BCUT2D eigenvalue weighted by Crippen LogP contribution is 2.31. The summed E-state index contributed by atoms with van der Waals surface area (Å²) in [6.45, 7) is 0.474. The predicted molar refractivity (Wildman–Crippen MR) is 61.6 cm³/mol. The summed E-state index contributed by atoms with van der Waals surface area (Å²) >= 11 is 5.54. The Bertz CT molecular complexity index is 508. The summed E-state index contributed by atoms with van der Waals surface area (Å²) in [4.78, 5) is 19.8. The summed E-state index contributed by atoms with van der Waals surface area (Å²) in [5.41, 5.74) is 4.27. The Labute approximate surface area is 111 Å². The van der Waals surface area contributed by atoms with Gasteiger partial charge in [0.05, 0.1) is 0 Å². The van der Waals surface area contributed by atoms with Crippen LogP contribution in [0.5, 0.6) is 0 Å². The number of nitrogens with two attached hydrogens (primary N) is 1. The first-order chi connectivity index (χ1) is 8.81. The average Bonchev–Trinajstić information content (AvgIpc) is 2.68. The van der Waals surface area contributed by atoms with Crippen molar-refractivity contribution in [1.82, 2.24) is 9.97 Å². The maximum absolute atomic E-state index is 12.6. The van der Waals surface area contributed by atoms with Gasteiger partial charge in [0.25, 0.3) is 0 Å². The van der Waals surface area contributed by atoms with Crippen molar-refractivity contribution < 1.29 is 18.0 Å². The molecule has 0 saturated carbocycles. The highest BCUT2D eigenvalue weighted by Gasteiger charge is 2.36. The molecule has 9 heteroatoms. The molecule has 2 heterocycles. The molecule has 2 N–H and O–H groups in total. The van der Waals surface area contributed by atoms with Crippen molar-refractivity contribution in [2.45, 2.75) is 12.6 Å². The van der Waals surface area contributed by atoms with Gasteiger partial charge < -0.3 is 5.73 Å². The molecular weight excluding hydrogens is 285 g/mol. The molecule has 0 aromatic carbocycles. The number of rotatable bonds is 2. The van der Waals surface area contributed by atoms with Gasteiger partial charge in [0.1, 0.15) is 5.15 Å².